The predicted molar refractivity (Wildman–Crippen MR) is 73.3 cm³/mol. The Kier molecular flexibility index (Phi) is 4.37. The van der Waals surface area contributed by atoms with E-state index < -0.39 is 0 Å². The summed E-state index contributed by atoms with van der Waals surface area (Å²) in [5.74, 6) is 0.168. The van der Waals surface area contributed by atoms with E-state index in [0.29, 0.717) is 19.1 Å². The molecule has 2 rings (SSSR count). The molecule has 1 amide bonds. The van der Waals surface area contributed by atoms with Crippen LogP contribution < -0.4 is 5.32 Å². The van der Waals surface area contributed by atoms with Crippen LogP contribution in [-0.2, 0) is 17.8 Å². The molecule has 3 heteroatoms. The fourth-order valence-electron chi connectivity index (χ4n) is 1.90. The summed E-state index contributed by atoms with van der Waals surface area (Å²) in [6, 6.07) is 9.08. The Labute approximate surface area is 109 Å². The zero-order valence-corrected chi connectivity index (χ0v) is 11.3. The quantitative estimate of drug-likeness (QED) is 0.832. The van der Waals surface area contributed by atoms with Crippen molar-refractivity contribution < 1.29 is 4.79 Å². The van der Waals surface area contributed by atoms with E-state index in [1.54, 1.807) is 4.90 Å². The number of rotatable bonds is 6. The minimum absolute atomic E-state index is 0.168. The summed E-state index contributed by atoms with van der Waals surface area (Å²) in [6.07, 6.45) is 3.49. The average molecular weight is 246 g/mol. The van der Waals surface area contributed by atoms with E-state index in [0.717, 1.165) is 6.42 Å². The van der Waals surface area contributed by atoms with Crippen LogP contribution in [0.15, 0.2) is 24.3 Å². The second-order valence-corrected chi connectivity index (χ2v) is 5.08. The Hall–Kier alpha value is -1.35. The number of hydrogen-bond acceptors (Lipinski definition) is 2. The van der Waals surface area contributed by atoms with E-state index in [1.807, 2.05) is 7.05 Å². The number of hydrogen-bond donors (Lipinski definition) is 1. The Morgan fingerprint density at radius 1 is 1.28 bits per heavy atom. The van der Waals surface area contributed by atoms with Crippen molar-refractivity contribution in [3.05, 3.63) is 35.4 Å². The maximum atomic E-state index is 11.9. The molecule has 0 saturated heterocycles. The van der Waals surface area contributed by atoms with Crippen LogP contribution in [0.1, 0.15) is 30.9 Å². The molecular weight excluding hydrogens is 224 g/mol. The lowest BCUT2D eigenvalue weighted by Crippen LogP contribution is -2.35. The van der Waals surface area contributed by atoms with Crippen molar-refractivity contribution in [1.82, 2.24) is 10.2 Å². The van der Waals surface area contributed by atoms with E-state index in [-0.39, 0.29) is 5.91 Å². The minimum atomic E-state index is 0.168. The van der Waals surface area contributed by atoms with E-state index >= 15 is 0 Å². The molecule has 1 aliphatic rings. The summed E-state index contributed by atoms with van der Waals surface area (Å²) >= 11 is 0. The first-order chi connectivity index (χ1) is 8.69. The van der Waals surface area contributed by atoms with Gasteiger partial charge in [-0.3, -0.25) is 4.79 Å². The van der Waals surface area contributed by atoms with Crippen LogP contribution in [-0.4, -0.2) is 30.4 Å². The zero-order valence-electron chi connectivity index (χ0n) is 11.3. The Balaban J connectivity index is 1.80. The molecule has 0 spiro atoms. The molecule has 1 aliphatic carbocycles. The van der Waals surface area contributed by atoms with Crippen molar-refractivity contribution in [3.63, 3.8) is 0 Å². The lowest BCUT2D eigenvalue weighted by molar-refractivity contribution is -0.129. The van der Waals surface area contributed by atoms with Crippen molar-refractivity contribution in [2.75, 3.05) is 13.6 Å². The second kappa shape index (κ2) is 6.01. The molecular formula is C15H22N2O. The third-order valence-corrected chi connectivity index (χ3v) is 3.40. The van der Waals surface area contributed by atoms with Gasteiger partial charge in [0, 0.05) is 19.6 Å². The van der Waals surface area contributed by atoms with Crippen LogP contribution in [0.2, 0.25) is 0 Å². The molecule has 1 saturated carbocycles. The van der Waals surface area contributed by atoms with Crippen molar-refractivity contribution >= 4 is 5.91 Å². The van der Waals surface area contributed by atoms with Crippen LogP contribution in [0.3, 0.4) is 0 Å². The SMILES string of the molecule is CCc1ccc(CN(C)C(=O)CNC2CC2)cc1. The molecule has 0 unspecified atom stereocenters. The summed E-state index contributed by atoms with van der Waals surface area (Å²) in [5.41, 5.74) is 2.53. The maximum Gasteiger partial charge on any atom is 0.236 e. The van der Waals surface area contributed by atoms with Crippen LogP contribution in [0.25, 0.3) is 0 Å². The first-order valence-electron chi connectivity index (χ1n) is 6.74. The third-order valence-electron chi connectivity index (χ3n) is 3.40. The molecule has 98 valence electrons. The van der Waals surface area contributed by atoms with E-state index in [9.17, 15) is 4.79 Å². The number of carbonyl (C=O) groups excluding carboxylic acids is 1. The van der Waals surface area contributed by atoms with Gasteiger partial charge in [0.1, 0.15) is 0 Å². The number of carbonyl (C=O) groups is 1. The van der Waals surface area contributed by atoms with Crippen LogP contribution in [0, 0.1) is 0 Å². The first kappa shape index (κ1) is 13.1. The molecule has 1 aromatic carbocycles. The first-order valence-corrected chi connectivity index (χ1v) is 6.74. The van der Waals surface area contributed by atoms with Gasteiger partial charge in [0.15, 0.2) is 0 Å². The standard InChI is InChI=1S/C15H22N2O/c1-3-12-4-6-13(7-5-12)11-17(2)15(18)10-16-14-8-9-14/h4-7,14,16H,3,8-11H2,1-2H3. The molecule has 0 aliphatic heterocycles. The minimum Gasteiger partial charge on any atom is -0.340 e. The fraction of sp³-hybridized carbons (Fsp3) is 0.533. The van der Waals surface area contributed by atoms with Gasteiger partial charge in [0.05, 0.1) is 6.54 Å². The highest BCUT2D eigenvalue weighted by molar-refractivity contribution is 5.78. The highest BCUT2D eigenvalue weighted by atomic mass is 16.2. The summed E-state index contributed by atoms with van der Waals surface area (Å²) in [5, 5.41) is 3.25. The van der Waals surface area contributed by atoms with Crippen molar-refractivity contribution in [3.8, 4) is 0 Å². The molecule has 3 nitrogen and oxygen atoms in total. The number of benzene rings is 1. The van der Waals surface area contributed by atoms with Crippen LogP contribution in [0.5, 0.6) is 0 Å². The third kappa shape index (κ3) is 3.84. The van der Waals surface area contributed by atoms with E-state index in [2.05, 4.69) is 36.5 Å². The largest absolute Gasteiger partial charge is 0.340 e. The lowest BCUT2D eigenvalue weighted by Gasteiger charge is -2.17. The fourth-order valence-corrected chi connectivity index (χ4v) is 1.90. The molecule has 0 atom stereocenters. The Bertz CT molecular complexity index is 395. The number of amides is 1. The summed E-state index contributed by atoms with van der Waals surface area (Å²) in [6.45, 7) is 3.30. The van der Waals surface area contributed by atoms with Gasteiger partial charge in [-0.15, -0.1) is 0 Å². The monoisotopic (exact) mass is 246 g/mol. The highest BCUT2D eigenvalue weighted by Gasteiger charge is 2.21. The van der Waals surface area contributed by atoms with Gasteiger partial charge in [-0.25, -0.2) is 0 Å². The Morgan fingerprint density at radius 2 is 1.89 bits per heavy atom. The predicted octanol–water partition coefficient (Wildman–Crippen LogP) is 1.96. The number of likely N-dealkylation sites (N-methyl/N-ethyl adjacent to an activating group) is 1. The van der Waals surface area contributed by atoms with Gasteiger partial charge in [-0.1, -0.05) is 31.2 Å². The highest BCUT2D eigenvalue weighted by Crippen LogP contribution is 2.18. The van der Waals surface area contributed by atoms with Gasteiger partial charge in [-0.05, 0) is 30.4 Å². The van der Waals surface area contributed by atoms with Crippen molar-refractivity contribution in [2.24, 2.45) is 0 Å². The van der Waals surface area contributed by atoms with Gasteiger partial charge in [-0.2, -0.15) is 0 Å². The number of nitrogens with zero attached hydrogens (tertiary/aromatic N) is 1. The normalized spacial score (nSPS) is 14.6. The molecule has 1 N–H and O–H groups in total. The molecule has 18 heavy (non-hydrogen) atoms. The summed E-state index contributed by atoms with van der Waals surface area (Å²) in [4.78, 5) is 13.7. The van der Waals surface area contributed by atoms with E-state index in [4.69, 9.17) is 0 Å². The summed E-state index contributed by atoms with van der Waals surface area (Å²) in [7, 11) is 1.87. The molecule has 0 aromatic heterocycles. The van der Waals surface area contributed by atoms with E-state index in [1.165, 1.54) is 24.0 Å². The molecule has 1 fully saturated rings. The molecule has 0 bridgehead atoms. The van der Waals surface area contributed by atoms with Gasteiger partial charge in [0.25, 0.3) is 0 Å². The summed E-state index contributed by atoms with van der Waals surface area (Å²) < 4.78 is 0. The molecule has 0 radical (unpaired) electrons. The van der Waals surface area contributed by atoms with Crippen LogP contribution >= 0.6 is 0 Å². The topological polar surface area (TPSA) is 32.3 Å². The smallest absolute Gasteiger partial charge is 0.236 e. The van der Waals surface area contributed by atoms with Gasteiger partial charge in [0.2, 0.25) is 5.91 Å². The molecule has 0 heterocycles. The second-order valence-electron chi connectivity index (χ2n) is 5.08. The number of aryl methyl sites for hydroxylation is 1. The van der Waals surface area contributed by atoms with Gasteiger partial charge >= 0.3 is 0 Å². The van der Waals surface area contributed by atoms with Crippen molar-refractivity contribution in [2.45, 2.75) is 38.8 Å². The lowest BCUT2D eigenvalue weighted by atomic mass is 10.1. The molecule has 1 aromatic rings. The number of nitrogens with one attached hydrogen (secondary N) is 1. The maximum absolute atomic E-state index is 11.9. The van der Waals surface area contributed by atoms with Crippen molar-refractivity contribution in [1.29, 1.82) is 0 Å². The Morgan fingerprint density at radius 3 is 2.44 bits per heavy atom. The average Bonchev–Trinajstić information content (AvgIpc) is 3.21. The van der Waals surface area contributed by atoms with Gasteiger partial charge < -0.3 is 10.2 Å². The zero-order chi connectivity index (χ0) is 13.0. The van der Waals surface area contributed by atoms with Crippen LogP contribution in [0.4, 0.5) is 0 Å².